The zero-order valence-corrected chi connectivity index (χ0v) is 13.8. The zero-order chi connectivity index (χ0) is 16.8. The molecule has 1 aliphatic rings. The highest BCUT2D eigenvalue weighted by molar-refractivity contribution is 5.79. The summed E-state index contributed by atoms with van der Waals surface area (Å²) >= 11 is 0. The van der Waals surface area contributed by atoms with Crippen molar-refractivity contribution in [2.45, 2.75) is 33.2 Å². The Labute approximate surface area is 137 Å². The molecule has 23 heavy (non-hydrogen) atoms. The second-order valence-electron chi connectivity index (χ2n) is 5.00. The summed E-state index contributed by atoms with van der Waals surface area (Å²) in [4.78, 5) is 11.3. The third-order valence-corrected chi connectivity index (χ3v) is 3.59. The molecule has 4 heteroatoms. The van der Waals surface area contributed by atoms with E-state index in [-0.39, 0.29) is 18.4 Å². The van der Waals surface area contributed by atoms with Gasteiger partial charge in [0.25, 0.3) is 0 Å². The van der Waals surface area contributed by atoms with Gasteiger partial charge in [0.15, 0.2) is 5.78 Å². The minimum absolute atomic E-state index is 0.0655. The van der Waals surface area contributed by atoms with Gasteiger partial charge in [-0.2, -0.15) is 0 Å². The predicted molar refractivity (Wildman–Crippen MR) is 91.1 cm³/mol. The maximum Gasteiger partial charge on any atom is 0.169 e. The van der Waals surface area contributed by atoms with E-state index in [1.54, 1.807) is 6.07 Å². The molecule has 0 amide bonds. The first-order valence-electron chi connectivity index (χ1n) is 8.00. The number of carbonyl (C=O) groups is 1. The molecule has 0 aliphatic carbocycles. The summed E-state index contributed by atoms with van der Waals surface area (Å²) in [6.07, 6.45) is 0.472. The molecule has 0 fully saturated rings. The van der Waals surface area contributed by atoms with E-state index in [2.05, 4.69) is 0 Å². The first-order chi connectivity index (χ1) is 11.2. The fourth-order valence-corrected chi connectivity index (χ4v) is 2.33. The van der Waals surface area contributed by atoms with Crippen molar-refractivity contribution < 1.29 is 14.3 Å². The summed E-state index contributed by atoms with van der Waals surface area (Å²) < 4.78 is 11.4. The van der Waals surface area contributed by atoms with Crippen LogP contribution in [0, 0.1) is 0 Å². The maximum atomic E-state index is 11.3. The number of para-hydroxylation sites is 1. The van der Waals surface area contributed by atoms with Crippen molar-refractivity contribution in [3.05, 3.63) is 53.6 Å². The molecule has 0 radical (unpaired) electrons. The van der Waals surface area contributed by atoms with Gasteiger partial charge in [-0.05, 0) is 18.2 Å². The third-order valence-electron chi connectivity index (χ3n) is 3.59. The first-order valence-corrected chi connectivity index (χ1v) is 8.00. The molecular formula is C19H23NO3. The van der Waals surface area contributed by atoms with E-state index in [1.807, 2.05) is 57.2 Å². The summed E-state index contributed by atoms with van der Waals surface area (Å²) in [5.74, 6) is 2.12. The molecule has 0 bridgehead atoms. The fraction of sp³-hybridized carbons (Fsp3) is 0.316. The maximum absolute atomic E-state index is 11.3. The molecule has 1 atom stereocenters. The Kier molecular flexibility index (Phi) is 5.77. The van der Waals surface area contributed by atoms with Crippen LogP contribution in [0.1, 0.15) is 44.4 Å². The van der Waals surface area contributed by atoms with Gasteiger partial charge in [0.1, 0.15) is 23.9 Å². The van der Waals surface area contributed by atoms with Gasteiger partial charge >= 0.3 is 0 Å². The molecular weight excluding hydrogens is 290 g/mol. The standard InChI is InChI=1S/C17H17NO3.C2H6/c1-2-11(19)10-20-12-7-8-14-16(9-12)21-15-6-4-3-5-13(15)17(14)18;1-2/h3-9,17H,2,10,18H2,1H3;1-2H3. The molecule has 1 heterocycles. The van der Waals surface area contributed by atoms with Crippen molar-refractivity contribution in [2.24, 2.45) is 5.73 Å². The number of Topliss-reactive ketones (excluding diaryl/α,β-unsaturated/α-hetero) is 1. The van der Waals surface area contributed by atoms with Crippen LogP contribution >= 0.6 is 0 Å². The van der Waals surface area contributed by atoms with Gasteiger partial charge in [-0.1, -0.05) is 39.0 Å². The predicted octanol–water partition coefficient (Wildman–Crippen LogP) is 4.22. The van der Waals surface area contributed by atoms with Crippen LogP contribution in [0.15, 0.2) is 42.5 Å². The highest BCUT2D eigenvalue weighted by Crippen LogP contribution is 2.42. The van der Waals surface area contributed by atoms with Crippen LogP contribution in [0.5, 0.6) is 17.2 Å². The number of benzene rings is 2. The van der Waals surface area contributed by atoms with E-state index in [4.69, 9.17) is 15.2 Å². The average molecular weight is 313 g/mol. The van der Waals surface area contributed by atoms with E-state index < -0.39 is 0 Å². The van der Waals surface area contributed by atoms with E-state index >= 15 is 0 Å². The van der Waals surface area contributed by atoms with Gasteiger partial charge in [0.2, 0.25) is 0 Å². The highest BCUT2D eigenvalue weighted by atomic mass is 16.5. The Hall–Kier alpha value is -2.33. The molecule has 0 spiro atoms. The number of rotatable bonds is 4. The Morgan fingerprint density at radius 2 is 1.83 bits per heavy atom. The molecule has 2 aromatic rings. The second kappa shape index (κ2) is 7.79. The Morgan fingerprint density at radius 1 is 1.13 bits per heavy atom. The van der Waals surface area contributed by atoms with Crippen molar-refractivity contribution in [1.29, 1.82) is 0 Å². The number of nitrogens with two attached hydrogens (primary N) is 1. The minimum Gasteiger partial charge on any atom is -0.486 e. The SMILES string of the molecule is CC.CCC(=O)COc1ccc2c(c1)Oc1ccccc1C2N. The van der Waals surface area contributed by atoms with Crippen LogP contribution in [-0.4, -0.2) is 12.4 Å². The summed E-state index contributed by atoms with van der Waals surface area (Å²) in [7, 11) is 0. The monoisotopic (exact) mass is 313 g/mol. The number of carbonyl (C=O) groups excluding carboxylic acids is 1. The summed E-state index contributed by atoms with van der Waals surface area (Å²) in [6.45, 7) is 5.90. The molecule has 1 aliphatic heterocycles. The Bertz CT molecular complexity index is 682. The van der Waals surface area contributed by atoms with Crippen molar-refractivity contribution in [3.63, 3.8) is 0 Å². The Morgan fingerprint density at radius 3 is 2.57 bits per heavy atom. The largest absolute Gasteiger partial charge is 0.486 e. The molecule has 2 aromatic carbocycles. The van der Waals surface area contributed by atoms with Gasteiger partial charge in [-0.25, -0.2) is 0 Å². The topological polar surface area (TPSA) is 61.5 Å². The van der Waals surface area contributed by atoms with E-state index in [0.29, 0.717) is 17.9 Å². The molecule has 4 nitrogen and oxygen atoms in total. The van der Waals surface area contributed by atoms with Crippen molar-refractivity contribution in [2.75, 3.05) is 6.61 Å². The van der Waals surface area contributed by atoms with Gasteiger partial charge < -0.3 is 15.2 Å². The summed E-state index contributed by atoms with van der Waals surface area (Å²) in [5.41, 5.74) is 8.17. The van der Waals surface area contributed by atoms with Crippen molar-refractivity contribution >= 4 is 5.78 Å². The molecule has 0 aromatic heterocycles. The molecule has 0 saturated carbocycles. The summed E-state index contributed by atoms with van der Waals surface area (Å²) in [6, 6.07) is 13.0. The van der Waals surface area contributed by atoms with E-state index in [0.717, 1.165) is 16.9 Å². The van der Waals surface area contributed by atoms with Gasteiger partial charge in [-0.3, -0.25) is 4.79 Å². The number of ether oxygens (including phenoxy) is 2. The fourth-order valence-electron chi connectivity index (χ4n) is 2.33. The van der Waals surface area contributed by atoms with E-state index in [1.165, 1.54) is 0 Å². The lowest BCUT2D eigenvalue weighted by atomic mass is 9.95. The number of ketones is 1. The van der Waals surface area contributed by atoms with Gasteiger partial charge in [-0.15, -0.1) is 0 Å². The van der Waals surface area contributed by atoms with Gasteiger partial charge in [0.05, 0.1) is 6.04 Å². The molecule has 3 rings (SSSR count). The number of fused-ring (bicyclic) bond motifs is 2. The lowest BCUT2D eigenvalue weighted by Gasteiger charge is -2.25. The third kappa shape index (κ3) is 3.71. The van der Waals surface area contributed by atoms with Crippen LogP contribution < -0.4 is 15.2 Å². The van der Waals surface area contributed by atoms with Crippen LogP contribution in [0.3, 0.4) is 0 Å². The normalized spacial score (nSPS) is 14.5. The van der Waals surface area contributed by atoms with Gasteiger partial charge in [0, 0.05) is 23.6 Å². The van der Waals surface area contributed by atoms with E-state index in [9.17, 15) is 4.79 Å². The highest BCUT2D eigenvalue weighted by Gasteiger charge is 2.24. The first kappa shape index (κ1) is 17.0. The number of hydrogen-bond acceptors (Lipinski definition) is 4. The van der Waals surface area contributed by atoms with Crippen LogP contribution in [0.25, 0.3) is 0 Å². The molecule has 122 valence electrons. The molecule has 2 N–H and O–H groups in total. The minimum atomic E-state index is -0.212. The van der Waals surface area contributed by atoms with Crippen LogP contribution in [0.4, 0.5) is 0 Å². The second-order valence-corrected chi connectivity index (χ2v) is 5.00. The number of hydrogen-bond donors (Lipinski definition) is 1. The van der Waals surface area contributed by atoms with Crippen LogP contribution in [0.2, 0.25) is 0 Å². The average Bonchev–Trinajstić information content (AvgIpc) is 2.61. The molecule has 1 unspecified atom stereocenters. The lowest BCUT2D eigenvalue weighted by molar-refractivity contribution is -0.120. The quantitative estimate of drug-likeness (QED) is 0.917. The molecule has 0 saturated heterocycles. The van der Waals surface area contributed by atoms with Crippen molar-refractivity contribution in [1.82, 2.24) is 0 Å². The smallest absolute Gasteiger partial charge is 0.169 e. The van der Waals surface area contributed by atoms with Crippen molar-refractivity contribution in [3.8, 4) is 17.2 Å². The Balaban J connectivity index is 0.000000924. The summed E-state index contributed by atoms with van der Waals surface area (Å²) in [5, 5.41) is 0. The lowest BCUT2D eigenvalue weighted by Crippen LogP contribution is -2.18. The zero-order valence-electron chi connectivity index (χ0n) is 13.8. The van der Waals surface area contributed by atoms with Crippen LogP contribution in [-0.2, 0) is 4.79 Å².